The van der Waals surface area contributed by atoms with Crippen LogP contribution in [0.2, 0.25) is 0 Å². The monoisotopic (exact) mass is 538 g/mol. The highest BCUT2D eigenvalue weighted by Gasteiger charge is 2.48. The number of nitriles is 2. The number of aromatic amines is 1. The van der Waals surface area contributed by atoms with Crippen LogP contribution in [0.25, 0.3) is 22.3 Å². The van der Waals surface area contributed by atoms with Crippen molar-refractivity contribution < 1.29 is 4.39 Å². The third-order valence-electron chi connectivity index (χ3n) is 8.58. The van der Waals surface area contributed by atoms with Gasteiger partial charge in [-0.2, -0.15) is 15.6 Å². The van der Waals surface area contributed by atoms with Crippen molar-refractivity contribution in [2.24, 2.45) is 0 Å². The van der Waals surface area contributed by atoms with Crippen LogP contribution in [0.4, 0.5) is 10.1 Å². The Bertz CT molecular complexity index is 1620. The normalized spacial score (nSPS) is 21.0. The van der Waals surface area contributed by atoms with Crippen LogP contribution >= 0.6 is 0 Å². The summed E-state index contributed by atoms with van der Waals surface area (Å²) in [5, 5.41) is 27.6. The highest BCUT2D eigenvalue weighted by atomic mass is 19.1. The van der Waals surface area contributed by atoms with Crippen LogP contribution in [-0.4, -0.2) is 73.3 Å². The molecule has 3 aromatic heterocycles. The van der Waals surface area contributed by atoms with E-state index in [0.717, 1.165) is 54.8 Å². The minimum atomic E-state index is -0.439. The highest BCUT2D eigenvalue weighted by molar-refractivity contribution is 5.90. The third kappa shape index (κ3) is 4.37. The number of H-pyrrole nitrogens is 1. The van der Waals surface area contributed by atoms with E-state index in [0.29, 0.717) is 30.3 Å². The average Bonchev–Trinajstić information content (AvgIpc) is 3.63. The van der Waals surface area contributed by atoms with Gasteiger partial charge in [-0.3, -0.25) is 14.5 Å². The Balaban J connectivity index is 1.12. The van der Waals surface area contributed by atoms with E-state index in [-0.39, 0.29) is 17.1 Å². The fourth-order valence-electron chi connectivity index (χ4n) is 6.30. The molecule has 40 heavy (non-hydrogen) atoms. The number of hydrogen-bond acceptors (Lipinski definition) is 8. The van der Waals surface area contributed by atoms with E-state index in [1.165, 1.54) is 0 Å². The molecule has 6 rings (SSSR count). The van der Waals surface area contributed by atoms with E-state index >= 15 is 4.39 Å². The molecule has 2 unspecified atom stereocenters. The van der Waals surface area contributed by atoms with Crippen LogP contribution in [0, 0.1) is 28.5 Å². The Morgan fingerprint density at radius 3 is 2.83 bits per heavy atom. The van der Waals surface area contributed by atoms with Crippen molar-refractivity contribution in [1.82, 2.24) is 34.5 Å². The maximum absolute atomic E-state index is 15.0. The summed E-state index contributed by atoms with van der Waals surface area (Å²) in [6.07, 6.45) is 9.51. The predicted molar refractivity (Wildman–Crippen MR) is 148 cm³/mol. The molecule has 11 heteroatoms. The van der Waals surface area contributed by atoms with Crippen molar-refractivity contribution in [3.05, 3.63) is 60.1 Å². The van der Waals surface area contributed by atoms with Gasteiger partial charge in [0.05, 0.1) is 30.1 Å². The first-order chi connectivity index (χ1) is 19.5. The average molecular weight is 539 g/mol. The summed E-state index contributed by atoms with van der Waals surface area (Å²) < 4.78 is 17.0. The highest BCUT2D eigenvalue weighted by Crippen LogP contribution is 2.38. The fraction of sp³-hybridized carbons (Fsp3) is 0.414. The van der Waals surface area contributed by atoms with E-state index < -0.39 is 5.82 Å². The zero-order valence-corrected chi connectivity index (χ0v) is 22.6. The van der Waals surface area contributed by atoms with Gasteiger partial charge in [0, 0.05) is 74.2 Å². The smallest absolute Gasteiger partial charge is 0.147 e. The number of anilines is 1. The Hall–Kier alpha value is -4.32. The Morgan fingerprint density at radius 2 is 2.08 bits per heavy atom. The lowest BCUT2D eigenvalue weighted by Crippen LogP contribution is -2.66. The lowest BCUT2D eigenvalue weighted by Gasteiger charge is -2.54. The summed E-state index contributed by atoms with van der Waals surface area (Å²) in [7, 11) is 1.69. The van der Waals surface area contributed by atoms with E-state index in [4.69, 9.17) is 0 Å². The zero-order valence-electron chi connectivity index (χ0n) is 22.6. The molecule has 0 saturated carbocycles. The molecule has 10 nitrogen and oxygen atoms in total. The van der Waals surface area contributed by atoms with Crippen molar-refractivity contribution >= 4 is 16.7 Å². The molecule has 0 aliphatic carbocycles. The SMILES string of the molecule is CNc1ccc(CN2CCC(N3CC(CC#N)(n4cc(-c5ncnc6[nH]ccc56)cn4)C3)CC2C)c(F)c1C#N. The number of halogens is 1. The second kappa shape index (κ2) is 10.3. The molecule has 2 aliphatic rings. The first-order valence-corrected chi connectivity index (χ1v) is 13.5. The number of nitrogens with zero attached hydrogens (tertiary/aromatic N) is 8. The van der Waals surface area contributed by atoms with Gasteiger partial charge in [0.1, 0.15) is 35.0 Å². The number of likely N-dealkylation sites (tertiary alicyclic amines) is 2. The lowest BCUT2D eigenvalue weighted by atomic mass is 9.83. The summed E-state index contributed by atoms with van der Waals surface area (Å²) in [5.41, 5.74) is 3.25. The maximum Gasteiger partial charge on any atom is 0.147 e. The fourth-order valence-corrected chi connectivity index (χ4v) is 6.30. The number of fused-ring (bicyclic) bond motifs is 1. The van der Waals surface area contributed by atoms with E-state index in [9.17, 15) is 10.5 Å². The van der Waals surface area contributed by atoms with Crippen LogP contribution in [0.3, 0.4) is 0 Å². The molecular weight excluding hydrogens is 507 g/mol. The summed E-state index contributed by atoms with van der Waals surface area (Å²) in [5.74, 6) is -0.439. The van der Waals surface area contributed by atoms with Gasteiger partial charge in [0.15, 0.2) is 0 Å². The summed E-state index contributed by atoms with van der Waals surface area (Å²) in [6, 6.07) is 10.5. The van der Waals surface area contributed by atoms with Gasteiger partial charge < -0.3 is 10.3 Å². The van der Waals surface area contributed by atoms with Crippen LogP contribution in [0.15, 0.2) is 43.1 Å². The molecule has 4 aromatic rings. The van der Waals surface area contributed by atoms with Crippen molar-refractivity contribution in [1.29, 1.82) is 10.5 Å². The minimum Gasteiger partial charge on any atom is -0.387 e. The van der Waals surface area contributed by atoms with Gasteiger partial charge in [-0.1, -0.05) is 6.07 Å². The number of benzene rings is 1. The second-order valence-electron chi connectivity index (χ2n) is 10.9. The molecule has 0 amide bonds. The molecule has 0 radical (unpaired) electrons. The first-order valence-electron chi connectivity index (χ1n) is 13.5. The largest absolute Gasteiger partial charge is 0.387 e. The topological polar surface area (TPSA) is 125 Å². The first kappa shape index (κ1) is 25.9. The van der Waals surface area contributed by atoms with Crippen molar-refractivity contribution in [3.8, 4) is 23.4 Å². The molecule has 2 aliphatic heterocycles. The minimum absolute atomic E-state index is 0.0657. The Kier molecular flexibility index (Phi) is 6.70. The Labute approximate surface area is 232 Å². The van der Waals surface area contributed by atoms with Gasteiger partial charge >= 0.3 is 0 Å². The molecule has 0 spiro atoms. The Morgan fingerprint density at radius 1 is 1.23 bits per heavy atom. The molecule has 2 fully saturated rings. The number of rotatable bonds is 7. The van der Waals surface area contributed by atoms with Crippen molar-refractivity contribution in [3.63, 3.8) is 0 Å². The van der Waals surface area contributed by atoms with Crippen LogP contribution in [0.5, 0.6) is 0 Å². The predicted octanol–water partition coefficient (Wildman–Crippen LogP) is 3.85. The van der Waals surface area contributed by atoms with Gasteiger partial charge in [0.25, 0.3) is 0 Å². The molecular formula is C29H31FN10. The lowest BCUT2D eigenvalue weighted by molar-refractivity contribution is -0.0520. The molecule has 2 N–H and O–H groups in total. The molecule has 0 bridgehead atoms. The van der Waals surface area contributed by atoms with Crippen molar-refractivity contribution in [2.45, 2.75) is 50.4 Å². The number of piperidine rings is 1. The third-order valence-corrected chi connectivity index (χ3v) is 8.58. The quantitative estimate of drug-likeness (QED) is 0.364. The van der Waals surface area contributed by atoms with Gasteiger partial charge in [-0.25, -0.2) is 14.4 Å². The number of aromatic nitrogens is 5. The van der Waals surface area contributed by atoms with E-state index in [1.54, 1.807) is 25.5 Å². The van der Waals surface area contributed by atoms with E-state index in [1.807, 2.05) is 35.4 Å². The summed E-state index contributed by atoms with van der Waals surface area (Å²) in [6.45, 7) is 5.02. The molecule has 204 valence electrons. The standard InChI is InChI=1S/C29H31FN10/c1-19-11-22(6-10-38(19)14-20-3-4-25(33-2)24(12-32)26(20)30)39-16-29(17-39,7-8-31)40-15-21(13-37-40)27-23-5-9-34-28(23)36-18-35-27/h3-5,9,13,15,18-19,22,33H,6-7,10-11,14,16-17H2,1-2H3,(H,34,35,36). The number of nitrogens with one attached hydrogen (secondary N) is 2. The maximum atomic E-state index is 15.0. The van der Waals surface area contributed by atoms with Crippen LogP contribution in [0.1, 0.15) is 37.3 Å². The van der Waals surface area contributed by atoms with Crippen molar-refractivity contribution in [2.75, 3.05) is 32.0 Å². The number of hydrogen-bond donors (Lipinski definition) is 2. The van der Waals surface area contributed by atoms with Gasteiger partial charge in [-0.05, 0) is 31.9 Å². The molecule has 2 atom stereocenters. The zero-order chi connectivity index (χ0) is 27.9. The summed E-state index contributed by atoms with van der Waals surface area (Å²) in [4.78, 5) is 16.6. The van der Waals surface area contributed by atoms with E-state index in [2.05, 4.69) is 48.2 Å². The molecule has 1 aromatic carbocycles. The van der Waals surface area contributed by atoms with Gasteiger partial charge in [0.2, 0.25) is 0 Å². The summed E-state index contributed by atoms with van der Waals surface area (Å²) >= 11 is 0. The second-order valence-corrected chi connectivity index (χ2v) is 10.9. The molecule has 2 saturated heterocycles. The van der Waals surface area contributed by atoms with Gasteiger partial charge in [-0.15, -0.1) is 0 Å². The van der Waals surface area contributed by atoms with Crippen LogP contribution < -0.4 is 5.32 Å². The molecule has 5 heterocycles. The van der Waals surface area contributed by atoms with Crippen LogP contribution in [-0.2, 0) is 12.1 Å².